The highest BCUT2D eigenvalue weighted by Crippen LogP contribution is 2.43. The topological polar surface area (TPSA) is 131 Å². The SMILES string of the molecule is Cn1ncc(-c2cc(C#N)c3c(c2)nc(N)c2cncn23)c1-c1c(F)c(Cl)cc(OC2CC2)c1C#N. The molecule has 11 heteroatoms. The van der Waals surface area contributed by atoms with Gasteiger partial charge < -0.3 is 10.5 Å². The van der Waals surface area contributed by atoms with E-state index in [-0.39, 0.29) is 33.8 Å². The monoisotopic (exact) mass is 498 g/mol. The average Bonchev–Trinajstić information content (AvgIpc) is 3.39. The number of nitrogen functional groups attached to an aromatic ring is 1. The molecule has 6 rings (SSSR count). The van der Waals surface area contributed by atoms with Crippen LogP contribution in [0.1, 0.15) is 24.0 Å². The van der Waals surface area contributed by atoms with Gasteiger partial charge in [-0.25, -0.2) is 14.4 Å². The van der Waals surface area contributed by atoms with Crippen molar-refractivity contribution < 1.29 is 9.13 Å². The summed E-state index contributed by atoms with van der Waals surface area (Å²) in [4.78, 5) is 8.59. The number of aromatic nitrogens is 5. The Balaban J connectivity index is 1.63. The molecule has 0 radical (unpaired) electrons. The number of rotatable bonds is 4. The summed E-state index contributed by atoms with van der Waals surface area (Å²) in [5, 5.41) is 24.1. The van der Waals surface area contributed by atoms with E-state index >= 15 is 4.39 Å². The van der Waals surface area contributed by atoms with Crippen LogP contribution in [0.15, 0.2) is 36.9 Å². The molecule has 1 fully saturated rings. The van der Waals surface area contributed by atoms with Crippen molar-refractivity contribution in [2.75, 3.05) is 5.73 Å². The van der Waals surface area contributed by atoms with Gasteiger partial charge in [-0.05, 0) is 30.5 Å². The molecule has 5 aromatic rings. The van der Waals surface area contributed by atoms with Gasteiger partial charge in [0.25, 0.3) is 0 Å². The maximum atomic E-state index is 15.5. The van der Waals surface area contributed by atoms with Crippen molar-refractivity contribution in [1.82, 2.24) is 24.1 Å². The molecule has 3 heterocycles. The number of nitrogens with zero attached hydrogens (tertiary/aromatic N) is 7. The summed E-state index contributed by atoms with van der Waals surface area (Å²) in [6.45, 7) is 0. The molecule has 3 aromatic heterocycles. The van der Waals surface area contributed by atoms with E-state index in [1.165, 1.54) is 10.7 Å². The number of hydrogen-bond acceptors (Lipinski definition) is 7. The van der Waals surface area contributed by atoms with Crippen LogP contribution in [0.4, 0.5) is 10.2 Å². The van der Waals surface area contributed by atoms with Crippen LogP contribution in [-0.4, -0.2) is 30.3 Å². The average molecular weight is 499 g/mol. The van der Waals surface area contributed by atoms with Crippen LogP contribution in [0.3, 0.4) is 0 Å². The van der Waals surface area contributed by atoms with Gasteiger partial charge >= 0.3 is 0 Å². The van der Waals surface area contributed by atoms with Gasteiger partial charge in [-0.15, -0.1) is 0 Å². The lowest BCUT2D eigenvalue weighted by Gasteiger charge is -2.15. The first kappa shape index (κ1) is 21.8. The minimum atomic E-state index is -0.759. The van der Waals surface area contributed by atoms with Crippen molar-refractivity contribution in [2.24, 2.45) is 7.05 Å². The van der Waals surface area contributed by atoms with Gasteiger partial charge in [-0.3, -0.25) is 9.08 Å². The Morgan fingerprint density at radius 3 is 2.72 bits per heavy atom. The second-order valence-corrected chi connectivity index (χ2v) is 8.94. The number of hydrogen-bond donors (Lipinski definition) is 1. The Hall–Kier alpha value is -4.67. The highest BCUT2D eigenvalue weighted by Gasteiger charge is 2.30. The zero-order valence-corrected chi connectivity index (χ0v) is 19.6. The largest absolute Gasteiger partial charge is 0.489 e. The lowest BCUT2D eigenvalue weighted by molar-refractivity contribution is 0.302. The zero-order valence-electron chi connectivity index (χ0n) is 18.8. The van der Waals surface area contributed by atoms with Crippen molar-refractivity contribution in [3.63, 3.8) is 0 Å². The first-order valence-electron chi connectivity index (χ1n) is 11.0. The van der Waals surface area contributed by atoms with Gasteiger partial charge in [0, 0.05) is 18.7 Å². The molecule has 2 N–H and O–H groups in total. The third-order valence-corrected chi connectivity index (χ3v) is 6.47. The molecule has 0 unspecified atom stereocenters. The Morgan fingerprint density at radius 2 is 2.00 bits per heavy atom. The van der Waals surface area contributed by atoms with E-state index < -0.39 is 5.82 Å². The minimum Gasteiger partial charge on any atom is -0.489 e. The van der Waals surface area contributed by atoms with Gasteiger partial charge in [0.15, 0.2) is 5.82 Å². The number of benzene rings is 2. The molecule has 176 valence electrons. The Bertz CT molecular complexity index is 1810. The van der Waals surface area contributed by atoms with Crippen molar-refractivity contribution in [3.8, 4) is 40.3 Å². The summed E-state index contributed by atoms with van der Waals surface area (Å²) < 4.78 is 24.6. The molecule has 1 aliphatic carbocycles. The van der Waals surface area contributed by atoms with Crippen LogP contribution in [0.5, 0.6) is 5.75 Å². The van der Waals surface area contributed by atoms with E-state index in [1.54, 1.807) is 42.3 Å². The number of nitrogens with two attached hydrogens (primary N) is 1. The van der Waals surface area contributed by atoms with Gasteiger partial charge in [0.2, 0.25) is 0 Å². The fraction of sp³-hybridized carbons (Fsp3) is 0.160. The number of fused-ring (bicyclic) bond motifs is 3. The molecule has 0 spiro atoms. The van der Waals surface area contributed by atoms with Crippen LogP contribution < -0.4 is 10.5 Å². The van der Waals surface area contributed by atoms with E-state index in [1.807, 2.05) is 0 Å². The Morgan fingerprint density at radius 1 is 1.19 bits per heavy atom. The second-order valence-electron chi connectivity index (χ2n) is 8.53. The van der Waals surface area contributed by atoms with Crippen LogP contribution >= 0.6 is 11.6 Å². The molecule has 1 saturated carbocycles. The van der Waals surface area contributed by atoms with E-state index in [0.717, 1.165) is 12.8 Å². The van der Waals surface area contributed by atoms with Gasteiger partial charge in [-0.2, -0.15) is 15.6 Å². The summed E-state index contributed by atoms with van der Waals surface area (Å²) in [6, 6.07) is 9.02. The maximum Gasteiger partial charge on any atom is 0.152 e. The Kier molecular flexibility index (Phi) is 4.82. The van der Waals surface area contributed by atoms with Gasteiger partial charge in [-0.1, -0.05) is 11.6 Å². The normalized spacial score (nSPS) is 13.1. The summed E-state index contributed by atoms with van der Waals surface area (Å²) in [6.07, 6.45) is 6.38. The van der Waals surface area contributed by atoms with E-state index in [4.69, 9.17) is 22.1 Å². The molecule has 2 aromatic carbocycles. The highest BCUT2D eigenvalue weighted by molar-refractivity contribution is 6.31. The maximum absolute atomic E-state index is 15.5. The number of aryl methyl sites for hydroxylation is 1. The molecular weight excluding hydrogens is 483 g/mol. The minimum absolute atomic E-state index is 0.0206. The molecule has 0 saturated heterocycles. The van der Waals surface area contributed by atoms with E-state index in [0.29, 0.717) is 38.9 Å². The third kappa shape index (κ3) is 3.23. The predicted octanol–water partition coefficient (Wildman–Crippen LogP) is 4.61. The van der Waals surface area contributed by atoms with Gasteiger partial charge in [0.05, 0.1) is 57.7 Å². The lowest BCUT2D eigenvalue weighted by Crippen LogP contribution is -2.05. The fourth-order valence-corrected chi connectivity index (χ4v) is 4.58. The second kappa shape index (κ2) is 7.94. The highest BCUT2D eigenvalue weighted by atomic mass is 35.5. The summed E-state index contributed by atoms with van der Waals surface area (Å²) in [5.41, 5.74) is 9.35. The molecule has 9 nitrogen and oxygen atoms in total. The number of halogens is 2. The number of ether oxygens (including phenoxy) is 1. The lowest BCUT2D eigenvalue weighted by atomic mass is 9.95. The predicted molar refractivity (Wildman–Crippen MR) is 131 cm³/mol. The molecule has 0 atom stereocenters. The molecule has 0 amide bonds. The number of imidazole rings is 1. The molecule has 0 bridgehead atoms. The smallest absolute Gasteiger partial charge is 0.152 e. The first-order chi connectivity index (χ1) is 17.4. The summed E-state index contributed by atoms with van der Waals surface area (Å²) in [7, 11) is 1.64. The Labute approximate surface area is 208 Å². The molecule has 0 aliphatic heterocycles. The van der Waals surface area contributed by atoms with Crippen LogP contribution in [0.25, 0.3) is 38.9 Å². The fourth-order valence-electron chi connectivity index (χ4n) is 4.39. The van der Waals surface area contributed by atoms with Crippen LogP contribution in [0, 0.1) is 28.5 Å². The number of anilines is 1. The summed E-state index contributed by atoms with van der Waals surface area (Å²) in [5.74, 6) is -0.284. The van der Waals surface area contributed by atoms with Gasteiger partial charge in [0.1, 0.15) is 34.8 Å². The first-order valence-corrected chi connectivity index (χ1v) is 11.4. The van der Waals surface area contributed by atoms with Crippen molar-refractivity contribution in [3.05, 3.63) is 58.9 Å². The summed E-state index contributed by atoms with van der Waals surface area (Å²) >= 11 is 6.24. The van der Waals surface area contributed by atoms with Crippen molar-refractivity contribution >= 4 is 34.0 Å². The molecular formula is C25H16ClFN8O. The standard InChI is InChI=1S/C25H16ClFN8O/c1-34-24(21-15(8-29)20(36-14-2-3-14)6-17(26)22(21)27)16(9-32-34)12-4-13(7-28)23-18(5-12)33-25(30)19-10-31-11-35(19)23/h4-6,9-11,14H,2-3H2,1H3,(H2,30,33). The quantitative estimate of drug-likeness (QED) is 0.382. The molecule has 36 heavy (non-hydrogen) atoms. The third-order valence-electron chi connectivity index (χ3n) is 6.19. The molecule has 1 aliphatic rings. The van der Waals surface area contributed by atoms with E-state index in [2.05, 4.69) is 27.2 Å². The zero-order chi connectivity index (χ0) is 25.1. The van der Waals surface area contributed by atoms with Crippen LogP contribution in [-0.2, 0) is 7.05 Å². The van der Waals surface area contributed by atoms with Crippen LogP contribution in [0.2, 0.25) is 5.02 Å². The van der Waals surface area contributed by atoms with E-state index in [9.17, 15) is 10.5 Å². The van der Waals surface area contributed by atoms with Crippen molar-refractivity contribution in [1.29, 1.82) is 10.5 Å². The van der Waals surface area contributed by atoms with Crippen molar-refractivity contribution in [2.45, 2.75) is 18.9 Å². The number of nitriles is 2.